The van der Waals surface area contributed by atoms with Crippen LogP contribution in [-0.2, 0) is 16.0 Å². The summed E-state index contributed by atoms with van der Waals surface area (Å²) in [6.07, 6.45) is 0.345. The Morgan fingerprint density at radius 2 is 2.06 bits per heavy atom. The second-order valence-electron chi connectivity index (χ2n) is 3.53. The van der Waals surface area contributed by atoms with Crippen molar-refractivity contribution in [1.82, 2.24) is 5.23 Å². The molecule has 1 aromatic carbocycles. The van der Waals surface area contributed by atoms with E-state index in [1.54, 1.807) is 6.92 Å². The summed E-state index contributed by atoms with van der Waals surface area (Å²) in [6, 6.07) is 8.53. The molecule has 0 aliphatic carbocycles. The van der Waals surface area contributed by atoms with Crippen LogP contribution in [0.4, 0.5) is 0 Å². The zero-order valence-corrected chi connectivity index (χ0v) is 9.67. The maximum atomic E-state index is 11.6. The molecule has 0 bridgehead atoms. The van der Waals surface area contributed by atoms with Gasteiger partial charge in [0.15, 0.2) is 0 Å². The van der Waals surface area contributed by atoms with E-state index >= 15 is 0 Å². The van der Waals surface area contributed by atoms with Crippen LogP contribution in [0.5, 0.6) is 0 Å². The monoisotopic (exact) mass is 237 g/mol. The predicted molar refractivity (Wildman–Crippen MR) is 63.9 cm³/mol. The summed E-state index contributed by atoms with van der Waals surface area (Å²) in [5.74, 6) is -0.496. The Hall–Kier alpha value is -1.37. The zero-order valence-electron chi connectivity index (χ0n) is 9.67. The van der Waals surface area contributed by atoms with E-state index in [-0.39, 0.29) is 6.61 Å². The molecule has 0 fully saturated rings. The van der Waals surface area contributed by atoms with Crippen LogP contribution >= 0.6 is 0 Å². The van der Waals surface area contributed by atoms with E-state index in [0.29, 0.717) is 6.42 Å². The van der Waals surface area contributed by atoms with E-state index in [1.165, 1.54) is 0 Å². The van der Waals surface area contributed by atoms with Crippen LogP contribution in [0, 0.1) is 0 Å². The van der Waals surface area contributed by atoms with Gasteiger partial charge in [0.2, 0.25) is 0 Å². The highest BCUT2D eigenvalue weighted by Gasteiger charge is 2.24. The van der Waals surface area contributed by atoms with Crippen molar-refractivity contribution in [3.63, 3.8) is 0 Å². The minimum absolute atomic E-state index is 0.257. The lowest BCUT2D eigenvalue weighted by Crippen LogP contribution is -2.48. The van der Waals surface area contributed by atoms with Crippen molar-refractivity contribution in [2.24, 2.45) is 0 Å². The van der Waals surface area contributed by atoms with Crippen LogP contribution < -0.4 is 5.23 Å². The van der Waals surface area contributed by atoms with Crippen molar-refractivity contribution >= 4 is 13.2 Å². The molecule has 1 atom stereocenters. The van der Waals surface area contributed by atoms with Gasteiger partial charge in [-0.15, -0.1) is 0 Å². The van der Waals surface area contributed by atoms with Gasteiger partial charge in [-0.25, -0.2) is 0 Å². The highest BCUT2D eigenvalue weighted by atomic mass is 16.5. The molecular weight excluding hydrogens is 221 g/mol. The fourth-order valence-electron chi connectivity index (χ4n) is 1.48. The van der Waals surface area contributed by atoms with Gasteiger partial charge in [0.25, 0.3) is 0 Å². The second-order valence-corrected chi connectivity index (χ2v) is 3.53. The summed E-state index contributed by atoms with van der Waals surface area (Å²) in [7, 11) is -1.74. The number of hydrogen-bond acceptors (Lipinski definition) is 5. The van der Waals surface area contributed by atoms with Crippen LogP contribution in [0.3, 0.4) is 0 Å². The molecule has 5 nitrogen and oxygen atoms in total. The van der Waals surface area contributed by atoms with E-state index in [9.17, 15) is 4.79 Å². The van der Waals surface area contributed by atoms with Crippen molar-refractivity contribution in [2.75, 3.05) is 6.61 Å². The van der Waals surface area contributed by atoms with Crippen LogP contribution in [-0.4, -0.2) is 35.9 Å². The number of rotatable bonds is 6. The Balaban J connectivity index is 2.66. The highest BCUT2D eigenvalue weighted by molar-refractivity contribution is 6.38. The second kappa shape index (κ2) is 7.06. The molecule has 1 unspecified atom stereocenters. The Kier molecular flexibility index (Phi) is 5.69. The lowest BCUT2D eigenvalue weighted by molar-refractivity contribution is -0.145. The molecule has 0 aromatic heterocycles. The molecule has 0 saturated heterocycles. The van der Waals surface area contributed by atoms with Crippen molar-refractivity contribution in [2.45, 2.75) is 19.4 Å². The number of carbonyl (C=O) groups is 1. The van der Waals surface area contributed by atoms with Crippen molar-refractivity contribution in [1.29, 1.82) is 0 Å². The highest BCUT2D eigenvalue weighted by Crippen LogP contribution is 2.04. The molecule has 0 radical (unpaired) electrons. The Labute approximate surface area is 101 Å². The molecule has 0 amide bonds. The number of esters is 1. The first kappa shape index (κ1) is 13.7. The molecule has 92 valence electrons. The zero-order chi connectivity index (χ0) is 12.7. The van der Waals surface area contributed by atoms with E-state index in [0.717, 1.165) is 5.56 Å². The van der Waals surface area contributed by atoms with Crippen molar-refractivity contribution in [3.05, 3.63) is 35.9 Å². The van der Waals surface area contributed by atoms with Gasteiger partial charge in [0.05, 0.1) is 6.61 Å². The molecule has 6 heteroatoms. The third-order valence-corrected chi connectivity index (χ3v) is 2.20. The van der Waals surface area contributed by atoms with Gasteiger partial charge in [0, 0.05) is 0 Å². The van der Waals surface area contributed by atoms with Gasteiger partial charge in [0.1, 0.15) is 6.04 Å². The van der Waals surface area contributed by atoms with E-state index in [4.69, 9.17) is 14.8 Å². The van der Waals surface area contributed by atoms with Crippen molar-refractivity contribution in [3.8, 4) is 0 Å². The van der Waals surface area contributed by atoms with Crippen LogP contribution in [0.2, 0.25) is 0 Å². The molecule has 0 aliphatic rings. The summed E-state index contributed by atoms with van der Waals surface area (Å²) < 4.78 is 4.85. The molecule has 0 saturated carbocycles. The molecule has 0 heterocycles. The fraction of sp³-hybridized carbons (Fsp3) is 0.364. The summed E-state index contributed by atoms with van der Waals surface area (Å²) in [6.45, 7) is 1.96. The average Bonchev–Trinajstić information content (AvgIpc) is 2.29. The summed E-state index contributed by atoms with van der Waals surface area (Å²) in [5.41, 5.74) is 0.915. The molecule has 0 aliphatic heterocycles. The third kappa shape index (κ3) is 4.99. The SMILES string of the molecule is CCOC(=O)C(Cc1ccccc1)NB(O)O. The molecule has 3 N–H and O–H groups in total. The Bertz CT molecular complexity index is 345. The molecule has 1 aromatic rings. The Morgan fingerprint density at radius 3 is 2.59 bits per heavy atom. The van der Waals surface area contributed by atoms with Gasteiger partial charge < -0.3 is 14.8 Å². The fourth-order valence-corrected chi connectivity index (χ4v) is 1.48. The summed E-state index contributed by atoms with van der Waals surface area (Å²) in [4.78, 5) is 11.6. The van der Waals surface area contributed by atoms with Gasteiger partial charge in [-0.05, 0) is 18.9 Å². The first-order chi connectivity index (χ1) is 8.13. The van der Waals surface area contributed by atoms with Crippen LogP contribution in [0.15, 0.2) is 30.3 Å². The number of carbonyl (C=O) groups excluding carboxylic acids is 1. The quantitative estimate of drug-likeness (QED) is 0.468. The van der Waals surface area contributed by atoms with Crippen LogP contribution in [0.1, 0.15) is 12.5 Å². The molecule has 1 rings (SSSR count). The standard InChI is InChI=1S/C11H16BNO4/c1-2-17-11(14)10(13-12(15)16)8-9-6-4-3-5-7-9/h3-7,10,13,15-16H,2,8H2,1H3. The summed E-state index contributed by atoms with van der Waals surface area (Å²) in [5, 5.41) is 20.1. The Morgan fingerprint density at radius 1 is 1.41 bits per heavy atom. The van der Waals surface area contributed by atoms with E-state index in [1.807, 2.05) is 30.3 Å². The maximum Gasteiger partial charge on any atom is 0.549 e. The van der Waals surface area contributed by atoms with E-state index in [2.05, 4.69) is 5.23 Å². The number of hydrogen-bond donors (Lipinski definition) is 3. The van der Waals surface area contributed by atoms with Gasteiger partial charge in [-0.1, -0.05) is 30.3 Å². The maximum absolute atomic E-state index is 11.6. The normalized spacial score (nSPS) is 11.9. The first-order valence-electron chi connectivity index (χ1n) is 5.46. The number of nitrogens with one attached hydrogen (secondary N) is 1. The van der Waals surface area contributed by atoms with Crippen LogP contribution in [0.25, 0.3) is 0 Å². The minimum Gasteiger partial charge on any atom is -0.465 e. The van der Waals surface area contributed by atoms with Gasteiger partial charge in [-0.3, -0.25) is 10.0 Å². The topological polar surface area (TPSA) is 78.8 Å². The minimum atomic E-state index is -1.74. The smallest absolute Gasteiger partial charge is 0.465 e. The van der Waals surface area contributed by atoms with Gasteiger partial charge in [-0.2, -0.15) is 0 Å². The molecule has 17 heavy (non-hydrogen) atoms. The lowest BCUT2D eigenvalue weighted by Gasteiger charge is -2.16. The number of benzene rings is 1. The third-order valence-electron chi connectivity index (χ3n) is 2.20. The molecule has 0 spiro atoms. The summed E-state index contributed by atoms with van der Waals surface area (Å²) >= 11 is 0. The van der Waals surface area contributed by atoms with Gasteiger partial charge >= 0.3 is 13.2 Å². The predicted octanol–water partition coefficient (Wildman–Crippen LogP) is -0.280. The van der Waals surface area contributed by atoms with E-state index < -0.39 is 19.3 Å². The van der Waals surface area contributed by atoms with Crippen molar-refractivity contribution < 1.29 is 19.6 Å². The lowest BCUT2D eigenvalue weighted by atomic mass is 10.0. The average molecular weight is 237 g/mol. The number of ether oxygens (including phenoxy) is 1. The largest absolute Gasteiger partial charge is 0.549 e. The molecular formula is C11H16BNO4. The first-order valence-corrected chi connectivity index (χ1v) is 5.46.